The Kier molecular flexibility index (Phi) is 6.47. The first-order chi connectivity index (χ1) is 12.7. The average molecular weight is 370 g/mol. The highest BCUT2D eigenvalue weighted by Crippen LogP contribution is 2.26. The summed E-state index contributed by atoms with van der Waals surface area (Å²) < 4.78 is 5.29. The quantitative estimate of drug-likeness (QED) is 0.749. The molecule has 0 saturated carbocycles. The van der Waals surface area contributed by atoms with Crippen LogP contribution in [0.25, 0.3) is 0 Å². The minimum Gasteiger partial charge on any atom is -0.497 e. The summed E-state index contributed by atoms with van der Waals surface area (Å²) in [6.07, 6.45) is 2.53. The van der Waals surface area contributed by atoms with Gasteiger partial charge in [-0.3, -0.25) is 4.90 Å². The zero-order valence-corrected chi connectivity index (χ0v) is 16.3. The number of nitrogens with zero attached hydrogens (tertiary/aromatic N) is 1. The Balaban J connectivity index is 1.64. The van der Waals surface area contributed by atoms with Crippen molar-refractivity contribution < 1.29 is 4.74 Å². The van der Waals surface area contributed by atoms with Crippen molar-refractivity contribution in [1.82, 2.24) is 10.2 Å². The minimum absolute atomic E-state index is 0.306. The van der Waals surface area contributed by atoms with Crippen LogP contribution in [0, 0.1) is 6.92 Å². The molecule has 138 valence electrons. The van der Waals surface area contributed by atoms with E-state index in [0.29, 0.717) is 11.2 Å². The fourth-order valence-electron chi connectivity index (χ4n) is 3.42. The Morgan fingerprint density at radius 3 is 2.54 bits per heavy atom. The van der Waals surface area contributed by atoms with E-state index in [-0.39, 0.29) is 0 Å². The van der Waals surface area contributed by atoms with Crippen molar-refractivity contribution in [2.45, 2.75) is 25.8 Å². The molecule has 2 N–H and O–H groups in total. The molecule has 0 aliphatic carbocycles. The van der Waals surface area contributed by atoms with E-state index in [1.807, 2.05) is 24.3 Å². The summed E-state index contributed by atoms with van der Waals surface area (Å²) in [5.74, 6) is 0.888. The number of aryl methyl sites for hydroxylation is 1. The van der Waals surface area contributed by atoms with E-state index in [4.69, 9.17) is 17.0 Å². The Hall–Kier alpha value is -2.11. The van der Waals surface area contributed by atoms with Crippen LogP contribution in [0.15, 0.2) is 48.5 Å². The summed E-state index contributed by atoms with van der Waals surface area (Å²) >= 11 is 5.50. The van der Waals surface area contributed by atoms with Gasteiger partial charge in [0.15, 0.2) is 5.11 Å². The average Bonchev–Trinajstić information content (AvgIpc) is 3.17. The van der Waals surface area contributed by atoms with Gasteiger partial charge >= 0.3 is 0 Å². The number of hydrogen-bond acceptors (Lipinski definition) is 3. The standard InChI is InChI=1S/C21H27N3OS/c1-16-6-5-7-18(14-16)23-21(26)22-15-20(24-12-3-4-13-24)17-8-10-19(25-2)11-9-17/h5-11,14,20H,3-4,12-13,15H2,1-2H3,(H2,22,23,26)/t20-/m0/s1. The summed E-state index contributed by atoms with van der Waals surface area (Å²) in [4.78, 5) is 2.53. The molecule has 2 aromatic carbocycles. The van der Waals surface area contributed by atoms with E-state index < -0.39 is 0 Å². The lowest BCUT2D eigenvalue weighted by Gasteiger charge is -2.29. The van der Waals surface area contributed by atoms with Gasteiger partial charge < -0.3 is 15.4 Å². The Labute approximate surface area is 161 Å². The number of methoxy groups -OCH3 is 1. The summed E-state index contributed by atoms with van der Waals surface area (Å²) in [6, 6.07) is 16.9. The molecule has 0 spiro atoms. The van der Waals surface area contributed by atoms with Crippen LogP contribution in [-0.4, -0.2) is 36.8 Å². The van der Waals surface area contributed by atoms with Gasteiger partial charge in [0.05, 0.1) is 13.2 Å². The van der Waals surface area contributed by atoms with Crippen molar-refractivity contribution in [2.24, 2.45) is 0 Å². The monoisotopic (exact) mass is 369 g/mol. The zero-order valence-electron chi connectivity index (χ0n) is 15.5. The second-order valence-corrected chi connectivity index (χ2v) is 7.14. The SMILES string of the molecule is COc1ccc([C@H](CNC(=S)Nc2cccc(C)c2)N2CCCC2)cc1. The number of ether oxygens (including phenoxy) is 1. The summed E-state index contributed by atoms with van der Waals surface area (Å²) in [5.41, 5.74) is 3.52. The number of likely N-dealkylation sites (tertiary alicyclic amines) is 1. The van der Waals surface area contributed by atoms with Crippen LogP contribution in [-0.2, 0) is 0 Å². The maximum Gasteiger partial charge on any atom is 0.170 e. The van der Waals surface area contributed by atoms with Crippen molar-refractivity contribution in [2.75, 3.05) is 32.1 Å². The number of thiocarbonyl (C=S) groups is 1. The smallest absolute Gasteiger partial charge is 0.170 e. The maximum atomic E-state index is 5.50. The lowest BCUT2D eigenvalue weighted by atomic mass is 10.1. The molecule has 1 saturated heterocycles. The van der Waals surface area contributed by atoms with Gasteiger partial charge in [-0.05, 0) is 80.5 Å². The van der Waals surface area contributed by atoms with Crippen LogP contribution in [0.3, 0.4) is 0 Å². The molecule has 0 amide bonds. The van der Waals surface area contributed by atoms with E-state index in [9.17, 15) is 0 Å². The predicted molar refractivity (Wildman–Crippen MR) is 112 cm³/mol. The third-order valence-electron chi connectivity index (χ3n) is 4.81. The van der Waals surface area contributed by atoms with Crippen LogP contribution in [0.4, 0.5) is 5.69 Å². The van der Waals surface area contributed by atoms with Crippen LogP contribution >= 0.6 is 12.2 Å². The molecule has 26 heavy (non-hydrogen) atoms. The van der Waals surface area contributed by atoms with Gasteiger partial charge in [-0.25, -0.2) is 0 Å². The molecule has 1 fully saturated rings. The molecule has 1 heterocycles. The minimum atomic E-state index is 0.306. The van der Waals surface area contributed by atoms with Gasteiger partial charge in [0.1, 0.15) is 5.75 Å². The predicted octanol–water partition coefficient (Wildman–Crippen LogP) is 4.13. The molecule has 0 bridgehead atoms. The van der Waals surface area contributed by atoms with Gasteiger partial charge in [-0.2, -0.15) is 0 Å². The molecule has 1 aliphatic rings. The lowest BCUT2D eigenvalue weighted by Crippen LogP contribution is -2.38. The fourth-order valence-corrected chi connectivity index (χ4v) is 3.63. The largest absolute Gasteiger partial charge is 0.497 e. The van der Waals surface area contributed by atoms with E-state index in [1.54, 1.807) is 7.11 Å². The first-order valence-corrected chi connectivity index (χ1v) is 9.56. The molecule has 0 aromatic heterocycles. The highest BCUT2D eigenvalue weighted by atomic mass is 32.1. The number of nitrogens with one attached hydrogen (secondary N) is 2. The zero-order chi connectivity index (χ0) is 18.4. The molecule has 5 heteroatoms. The van der Waals surface area contributed by atoms with E-state index in [2.05, 4.69) is 46.7 Å². The van der Waals surface area contributed by atoms with E-state index in [1.165, 1.54) is 24.0 Å². The molecular formula is C21H27N3OS. The van der Waals surface area contributed by atoms with Crippen LogP contribution in [0.1, 0.15) is 30.0 Å². The second-order valence-electron chi connectivity index (χ2n) is 6.74. The van der Waals surface area contributed by atoms with Crippen LogP contribution < -0.4 is 15.4 Å². The van der Waals surface area contributed by atoms with Crippen molar-refractivity contribution in [3.63, 3.8) is 0 Å². The molecule has 1 aliphatic heterocycles. The normalized spacial score (nSPS) is 15.5. The van der Waals surface area contributed by atoms with E-state index >= 15 is 0 Å². The highest BCUT2D eigenvalue weighted by molar-refractivity contribution is 7.80. The molecule has 0 radical (unpaired) electrons. The fraction of sp³-hybridized carbons (Fsp3) is 0.381. The van der Waals surface area contributed by atoms with E-state index in [0.717, 1.165) is 31.1 Å². The van der Waals surface area contributed by atoms with Crippen LogP contribution in [0.2, 0.25) is 0 Å². The molecule has 4 nitrogen and oxygen atoms in total. The topological polar surface area (TPSA) is 36.5 Å². The summed E-state index contributed by atoms with van der Waals surface area (Å²) in [5, 5.41) is 7.34. The number of anilines is 1. The first-order valence-electron chi connectivity index (χ1n) is 9.15. The Bertz CT molecular complexity index is 726. The van der Waals surface area contributed by atoms with Gasteiger partial charge in [-0.1, -0.05) is 24.3 Å². The van der Waals surface area contributed by atoms with Crippen molar-refractivity contribution in [3.05, 3.63) is 59.7 Å². The van der Waals surface area contributed by atoms with Gasteiger partial charge in [0.25, 0.3) is 0 Å². The maximum absolute atomic E-state index is 5.50. The number of benzene rings is 2. The number of hydrogen-bond donors (Lipinski definition) is 2. The van der Waals surface area contributed by atoms with Gasteiger partial charge in [0, 0.05) is 12.2 Å². The number of rotatable bonds is 6. The highest BCUT2D eigenvalue weighted by Gasteiger charge is 2.23. The molecule has 3 rings (SSSR count). The molecular weight excluding hydrogens is 342 g/mol. The third-order valence-corrected chi connectivity index (χ3v) is 5.06. The Morgan fingerprint density at radius 2 is 1.88 bits per heavy atom. The summed E-state index contributed by atoms with van der Waals surface area (Å²) in [6.45, 7) is 5.13. The van der Waals surface area contributed by atoms with Crippen molar-refractivity contribution in [3.8, 4) is 5.75 Å². The summed E-state index contributed by atoms with van der Waals surface area (Å²) in [7, 11) is 1.70. The molecule has 1 atom stereocenters. The van der Waals surface area contributed by atoms with Gasteiger partial charge in [0.2, 0.25) is 0 Å². The lowest BCUT2D eigenvalue weighted by molar-refractivity contribution is 0.246. The van der Waals surface area contributed by atoms with Crippen molar-refractivity contribution in [1.29, 1.82) is 0 Å². The third kappa shape index (κ3) is 4.96. The molecule has 0 unspecified atom stereocenters. The van der Waals surface area contributed by atoms with Crippen LogP contribution in [0.5, 0.6) is 5.75 Å². The van der Waals surface area contributed by atoms with Gasteiger partial charge in [-0.15, -0.1) is 0 Å². The molecule has 2 aromatic rings. The second kappa shape index (κ2) is 9.01. The Morgan fingerprint density at radius 1 is 1.15 bits per heavy atom. The van der Waals surface area contributed by atoms with Crippen molar-refractivity contribution >= 4 is 23.0 Å². The first kappa shape index (κ1) is 18.7.